The van der Waals surface area contributed by atoms with Gasteiger partial charge in [0, 0.05) is 12.6 Å². The SMILES string of the molecule is C[C@@H](S(=O)O)C1(NC(=O)N[C@H](C(=O)N2CCC[C@H]2C(=O)NCC(=O)C(=O)NC2CC2)C(C)(C)C)CCCCC1. The molecule has 2 aliphatic carbocycles. The van der Waals surface area contributed by atoms with Gasteiger partial charge in [0.2, 0.25) is 17.6 Å². The van der Waals surface area contributed by atoms with Crippen LogP contribution in [0.15, 0.2) is 0 Å². The molecule has 4 atom stereocenters. The average molecular weight is 570 g/mol. The van der Waals surface area contributed by atoms with E-state index in [0.29, 0.717) is 32.2 Å². The average Bonchev–Trinajstić information content (AvgIpc) is 3.55. The van der Waals surface area contributed by atoms with Crippen molar-refractivity contribution in [1.29, 1.82) is 0 Å². The summed E-state index contributed by atoms with van der Waals surface area (Å²) < 4.78 is 21.7. The highest BCUT2D eigenvalue weighted by molar-refractivity contribution is 7.80. The van der Waals surface area contributed by atoms with E-state index in [1.165, 1.54) is 4.90 Å². The summed E-state index contributed by atoms with van der Waals surface area (Å²) >= 11 is -2.13. The Bertz CT molecular complexity index is 988. The summed E-state index contributed by atoms with van der Waals surface area (Å²) in [5.74, 6) is -2.42. The molecule has 0 radical (unpaired) electrons. The molecule has 1 unspecified atom stereocenters. The molecule has 0 aromatic heterocycles. The van der Waals surface area contributed by atoms with Crippen LogP contribution in [0.4, 0.5) is 4.79 Å². The zero-order valence-corrected chi connectivity index (χ0v) is 24.2. The van der Waals surface area contributed by atoms with Crippen molar-refractivity contribution in [3.8, 4) is 0 Å². The summed E-state index contributed by atoms with van der Waals surface area (Å²) in [5, 5.41) is 10.1. The molecule has 1 heterocycles. The van der Waals surface area contributed by atoms with Gasteiger partial charge in [0.1, 0.15) is 12.1 Å². The van der Waals surface area contributed by atoms with Crippen molar-refractivity contribution in [2.45, 2.75) is 114 Å². The second-order valence-electron chi connectivity index (χ2n) is 12.1. The van der Waals surface area contributed by atoms with Crippen LogP contribution in [-0.4, -0.2) is 85.2 Å². The lowest BCUT2D eigenvalue weighted by molar-refractivity contribution is -0.142. The topological polar surface area (TPSA) is 174 Å². The van der Waals surface area contributed by atoms with Crippen LogP contribution in [0.2, 0.25) is 0 Å². The molecule has 1 saturated heterocycles. The van der Waals surface area contributed by atoms with Crippen molar-refractivity contribution < 1.29 is 32.7 Å². The number of carbonyl (C=O) groups excluding carboxylic acids is 5. The lowest BCUT2D eigenvalue weighted by Gasteiger charge is -2.42. The summed E-state index contributed by atoms with van der Waals surface area (Å²) in [5.41, 5.74) is -1.57. The molecule has 3 aliphatic rings. The number of ketones is 1. The number of nitrogens with zero attached hydrogens (tertiary/aromatic N) is 1. The van der Waals surface area contributed by atoms with Gasteiger partial charge < -0.3 is 30.7 Å². The van der Waals surface area contributed by atoms with E-state index >= 15 is 0 Å². The first-order valence-electron chi connectivity index (χ1n) is 13.9. The van der Waals surface area contributed by atoms with Crippen molar-refractivity contribution >= 4 is 40.6 Å². The molecule has 2 saturated carbocycles. The van der Waals surface area contributed by atoms with Gasteiger partial charge >= 0.3 is 6.03 Å². The van der Waals surface area contributed by atoms with E-state index in [0.717, 1.165) is 32.1 Å². The molecule has 1 aliphatic heterocycles. The Labute approximate surface area is 232 Å². The van der Waals surface area contributed by atoms with Crippen LogP contribution in [-0.2, 0) is 30.3 Å². The Hall–Kier alpha value is -2.54. The molecule has 3 fully saturated rings. The number of carbonyl (C=O) groups is 5. The summed E-state index contributed by atoms with van der Waals surface area (Å²) in [4.78, 5) is 65.3. The number of rotatable bonds is 10. The summed E-state index contributed by atoms with van der Waals surface area (Å²) in [6.45, 7) is 6.92. The minimum atomic E-state index is -2.13. The van der Waals surface area contributed by atoms with Gasteiger partial charge in [-0.05, 0) is 50.9 Å². The van der Waals surface area contributed by atoms with E-state index in [1.807, 2.05) is 0 Å². The zero-order chi connectivity index (χ0) is 29.0. The van der Waals surface area contributed by atoms with Crippen LogP contribution in [0.5, 0.6) is 0 Å². The van der Waals surface area contributed by atoms with Gasteiger partial charge in [-0.3, -0.25) is 19.2 Å². The fraction of sp³-hybridized carbons (Fsp3) is 0.808. The Kier molecular flexibility index (Phi) is 10.1. The first-order chi connectivity index (χ1) is 18.2. The summed E-state index contributed by atoms with van der Waals surface area (Å²) in [6, 6.07) is -2.38. The smallest absolute Gasteiger partial charge is 0.315 e. The molecule has 39 heavy (non-hydrogen) atoms. The zero-order valence-electron chi connectivity index (χ0n) is 23.3. The number of likely N-dealkylation sites (tertiary alicyclic amines) is 1. The molecule has 3 rings (SSSR count). The quantitative estimate of drug-likeness (QED) is 0.192. The lowest BCUT2D eigenvalue weighted by Crippen LogP contribution is -2.64. The second-order valence-corrected chi connectivity index (χ2v) is 13.4. The first kappa shape index (κ1) is 31.0. The highest BCUT2D eigenvalue weighted by atomic mass is 32.2. The molecule has 0 aromatic rings. The van der Waals surface area contributed by atoms with E-state index in [2.05, 4.69) is 21.3 Å². The molecule has 220 valence electrons. The largest absolute Gasteiger partial charge is 0.347 e. The van der Waals surface area contributed by atoms with E-state index < -0.39 is 75.4 Å². The maximum atomic E-state index is 13.7. The second kappa shape index (κ2) is 12.8. The van der Waals surface area contributed by atoms with Gasteiger partial charge in [-0.15, -0.1) is 0 Å². The maximum absolute atomic E-state index is 13.7. The molecule has 0 aromatic carbocycles. The van der Waals surface area contributed by atoms with Crippen molar-refractivity contribution in [3.63, 3.8) is 0 Å². The van der Waals surface area contributed by atoms with Gasteiger partial charge in [-0.25, -0.2) is 9.00 Å². The fourth-order valence-corrected chi connectivity index (χ4v) is 6.06. The van der Waals surface area contributed by atoms with Gasteiger partial charge in [-0.1, -0.05) is 40.0 Å². The van der Waals surface area contributed by atoms with Crippen LogP contribution in [0.1, 0.15) is 85.5 Å². The molecule has 5 amide bonds. The molecule has 5 N–H and O–H groups in total. The van der Waals surface area contributed by atoms with E-state index in [-0.39, 0.29) is 6.04 Å². The monoisotopic (exact) mass is 569 g/mol. The van der Waals surface area contributed by atoms with Crippen molar-refractivity contribution in [3.05, 3.63) is 0 Å². The third-order valence-corrected chi connectivity index (χ3v) is 9.06. The number of Topliss-reactive ketones (excluding diaryl/α,β-unsaturated/α-hetero) is 1. The predicted octanol–water partition coefficient (Wildman–Crippen LogP) is 0.968. The van der Waals surface area contributed by atoms with E-state index in [9.17, 15) is 32.7 Å². The van der Waals surface area contributed by atoms with E-state index in [1.54, 1.807) is 27.7 Å². The first-order valence-corrected chi connectivity index (χ1v) is 15.0. The van der Waals surface area contributed by atoms with Crippen LogP contribution < -0.4 is 21.3 Å². The van der Waals surface area contributed by atoms with Gasteiger partial charge in [0.15, 0.2) is 11.1 Å². The van der Waals surface area contributed by atoms with Crippen LogP contribution in [0.3, 0.4) is 0 Å². The molecular formula is C26H43N5O7S. The molecular weight excluding hydrogens is 526 g/mol. The molecule has 12 nitrogen and oxygen atoms in total. The predicted molar refractivity (Wildman–Crippen MR) is 145 cm³/mol. The van der Waals surface area contributed by atoms with Crippen molar-refractivity contribution in [2.24, 2.45) is 5.41 Å². The number of amides is 5. The van der Waals surface area contributed by atoms with Gasteiger partial charge in [0.25, 0.3) is 5.91 Å². The standard InChI is InChI=1S/C26H43N5O7S/c1-16(39(37)38)26(12-6-5-7-13-26)30-24(36)29-20(25(2,3)4)23(35)31-14-8-9-18(31)21(33)27-15-19(32)22(34)28-17-10-11-17/h16-18,20H,5-15H2,1-4H3,(H,27,33)(H,28,34)(H,37,38)(H2,29,30,36)/t16-,18+,20-/m1/s1. The van der Waals surface area contributed by atoms with Gasteiger partial charge in [0.05, 0.1) is 17.3 Å². The number of hydrogen-bond donors (Lipinski definition) is 5. The highest BCUT2D eigenvalue weighted by Crippen LogP contribution is 2.33. The third-order valence-electron chi connectivity index (χ3n) is 8.00. The van der Waals surface area contributed by atoms with Crippen LogP contribution in [0, 0.1) is 5.41 Å². The minimum absolute atomic E-state index is 0.0288. The third kappa shape index (κ3) is 8.00. The summed E-state index contributed by atoms with van der Waals surface area (Å²) in [6.07, 6.45) is 6.39. The highest BCUT2D eigenvalue weighted by Gasteiger charge is 2.45. The van der Waals surface area contributed by atoms with Crippen molar-refractivity contribution in [2.75, 3.05) is 13.1 Å². The van der Waals surface area contributed by atoms with Crippen LogP contribution >= 0.6 is 0 Å². The molecule has 0 bridgehead atoms. The Morgan fingerprint density at radius 1 is 1.03 bits per heavy atom. The summed E-state index contributed by atoms with van der Waals surface area (Å²) in [7, 11) is 0. The number of nitrogens with one attached hydrogen (secondary N) is 4. The Balaban J connectivity index is 1.66. The molecule has 0 spiro atoms. The number of hydrogen-bond acceptors (Lipinski definition) is 6. The van der Waals surface area contributed by atoms with E-state index in [4.69, 9.17) is 0 Å². The van der Waals surface area contributed by atoms with Crippen LogP contribution in [0.25, 0.3) is 0 Å². The number of urea groups is 1. The fourth-order valence-electron chi connectivity index (χ4n) is 5.38. The molecule has 13 heteroatoms. The maximum Gasteiger partial charge on any atom is 0.315 e. The van der Waals surface area contributed by atoms with Crippen molar-refractivity contribution in [1.82, 2.24) is 26.2 Å². The lowest BCUT2D eigenvalue weighted by atomic mass is 9.79. The Morgan fingerprint density at radius 2 is 1.67 bits per heavy atom. The minimum Gasteiger partial charge on any atom is -0.347 e. The Morgan fingerprint density at radius 3 is 2.23 bits per heavy atom. The van der Waals surface area contributed by atoms with Gasteiger partial charge in [-0.2, -0.15) is 0 Å². The normalized spacial score (nSPS) is 23.2.